The minimum Gasteiger partial charge on any atom is -0.351 e. The summed E-state index contributed by atoms with van der Waals surface area (Å²) in [5, 5.41) is 7.22. The third-order valence-corrected chi connectivity index (χ3v) is 6.60. The smallest absolute Gasteiger partial charge is 0.193 e. The highest BCUT2D eigenvalue weighted by atomic mass is 32.1. The van der Waals surface area contributed by atoms with Crippen LogP contribution in [0.5, 0.6) is 0 Å². The van der Waals surface area contributed by atoms with E-state index >= 15 is 0 Å². The summed E-state index contributed by atoms with van der Waals surface area (Å²) >= 11 is 7.45. The van der Waals surface area contributed by atoms with Crippen LogP contribution in [-0.4, -0.2) is 19.6 Å². The van der Waals surface area contributed by atoms with Gasteiger partial charge in [0.05, 0.1) is 17.8 Å². The molecule has 4 heterocycles. The molecule has 0 radical (unpaired) electrons. The number of thiazole rings is 1. The Morgan fingerprint density at radius 1 is 1.00 bits per heavy atom. The number of nitrogens with one attached hydrogen (secondary N) is 1. The van der Waals surface area contributed by atoms with Crippen LogP contribution < -0.4 is 10.2 Å². The zero-order valence-electron chi connectivity index (χ0n) is 16.7. The Kier molecular flexibility index (Phi) is 4.84. The van der Waals surface area contributed by atoms with Gasteiger partial charge in [-0.2, -0.15) is 0 Å². The van der Waals surface area contributed by atoms with Crippen LogP contribution in [0, 0.1) is 13.8 Å². The molecule has 0 spiro atoms. The number of aromatic nitrogens is 3. The molecule has 1 aliphatic rings. The van der Waals surface area contributed by atoms with Gasteiger partial charge in [-0.25, -0.2) is 4.98 Å². The molecule has 1 N–H and O–H groups in total. The van der Waals surface area contributed by atoms with Gasteiger partial charge in [0.1, 0.15) is 0 Å². The van der Waals surface area contributed by atoms with E-state index in [-0.39, 0.29) is 12.1 Å². The quantitative estimate of drug-likeness (QED) is 0.454. The van der Waals surface area contributed by atoms with E-state index in [9.17, 15) is 0 Å². The molecule has 0 bridgehead atoms. The molecule has 2 atom stereocenters. The Hall–Kier alpha value is -3.03. The van der Waals surface area contributed by atoms with Crippen LogP contribution >= 0.6 is 23.6 Å². The van der Waals surface area contributed by atoms with Crippen LogP contribution in [0.4, 0.5) is 5.69 Å². The van der Waals surface area contributed by atoms with Gasteiger partial charge >= 0.3 is 0 Å². The fourth-order valence-electron chi connectivity index (χ4n) is 4.25. The minimum atomic E-state index is -0.0517. The second kappa shape index (κ2) is 7.66. The monoisotopic (exact) mass is 431 g/mol. The van der Waals surface area contributed by atoms with Crippen molar-refractivity contribution in [3.05, 3.63) is 95.0 Å². The number of hydrogen-bond acceptors (Lipinski definition) is 4. The predicted molar refractivity (Wildman–Crippen MR) is 125 cm³/mol. The number of pyridine rings is 1. The standard InChI is InChI=1S/C23H21N5S2/c1-15-14-18(16(2)27(15)23-25-12-13-30-23)21-20(19-10-6-7-11-24-19)26-22(29)28(21)17-8-4-3-5-9-17/h3-14,20-21H,1-2H3,(H,26,29)/t20-,21+/m1/s1. The maximum absolute atomic E-state index is 5.81. The van der Waals surface area contributed by atoms with Crippen LogP contribution in [0.3, 0.4) is 0 Å². The molecule has 4 aromatic rings. The highest BCUT2D eigenvalue weighted by Crippen LogP contribution is 2.43. The Labute approximate surface area is 185 Å². The van der Waals surface area contributed by atoms with Crippen LogP contribution in [0.15, 0.2) is 72.4 Å². The zero-order chi connectivity index (χ0) is 20.7. The van der Waals surface area contributed by atoms with Crippen molar-refractivity contribution in [1.29, 1.82) is 0 Å². The molecule has 30 heavy (non-hydrogen) atoms. The van der Waals surface area contributed by atoms with Crippen molar-refractivity contribution in [2.24, 2.45) is 0 Å². The van der Waals surface area contributed by atoms with Crippen LogP contribution in [0.2, 0.25) is 0 Å². The molecule has 3 aromatic heterocycles. The van der Waals surface area contributed by atoms with Gasteiger partial charge in [0.25, 0.3) is 0 Å². The molecular formula is C23H21N5S2. The van der Waals surface area contributed by atoms with Crippen molar-refractivity contribution in [2.75, 3.05) is 4.90 Å². The van der Waals surface area contributed by atoms with Gasteiger partial charge in [-0.15, -0.1) is 11.3 Å². The molecule has 0 saturated carbocycles. The third-order valence-electron chi connectivity index (χ3n) is 5.53. The average Bonchev–Trinajstić information content (AvgIpc) is 3.47. The van der Waals surface area contributed by atoms with Gasteiger partial charge in [0.2, 0.25) is 0 Å². The minimum absolute atomic E-state index is 0.0188. The largest absolute Gasteiger partial charge is 0.351 e. The second-order valence-electron chi connectivity index (χ2n) is 7.31. The second-order valence-corrected chi connectivity index (χ2v) is 8.57. The summed E-state index contributed by atoms with van der Waals surface area (Å²) in [5.41, 5.74) is 5.58. The number of benzene rings is 1. The molecular weight excluding hydrogens is 410 g/mol. The molecule has 0 aliphatic carbocycles. The first kappa shape index (κ1) is 19.0. The lowest BCUT2D eigenvalue weighted by molar-refractivity contribution is 0.565. The van der Waals surface area contributed by atoms with Crippen molar-refractivity contribution < 1.29 is 0 Å². The number of thiocarbonyl (C=S) groups is 1. The maximum atomic E-state index is 5.81. The van der Waals surface area contributed by atoms with Crippen LogP contribution in [0.1, 0.15) is 34.7 Å². The predicted octanol–water partition coefficient (Wildman–Crippen LogP) is 5.12. The van der Waals surface area contributed by atoms with Gasteiger partial charge in [-0.1, -0.05) is 24.3 Å². The number of anilines is 1. The molecule has 1 aromatic carbocycles. The van der Waals surface area contributed by atoms with Crippen molar-refractivity contribution in [1.82, 2.24) is 19.9 Å². The Morgan fingerprint density at radius 2 is 1.80 bits per heavy atom. The number of rotatable bonds is 4. The molecule has 7 heteroatoms. The number of aryl methyl sites for hydroxylation is 1. The Bertz CT molecular complexity index is 1170. The molecule has 1 fully saturated rings. The summed E-state index contributed by atoms with van der Waals surface area (Å²) in [6, 6.07) is 18.5. The van der Waals surface area contributed by atoms with E-state index in [2.05, 4.69) is 62.9 Å². The summed E-state index contributed by atoms with van der Waals surface area (Å²) in [5.74, 6) is 0. The number of para-hydroxylation sites is 1. The first-order valence-electron chi connectivity index (χ1n) is 9.79. The Morgan fingerprint density at radius 3 is 2.50 bits per heavy atom. The van der Waals surface area contributed by atoms with Crippen LogP contribution in [0.25, 0.3) is 5.13 Å². The fourth-order valence-corrected chi connectivity index (χ4v) is 5.34. The van der Waals surface area contributed by atoms with E-state index in [1.807, 2.05) is 48.1 Å². The topological polar surface area (TPSA) is 46.0 Å². The van der Waals surface area contributed by atoms with Gasteiger partial charge in [0.15, 0.2) is 10.2 Å². The lowest BCUT2D eigenvalue weighted by Gasteiger charge is -2.28. The van der Waals surface area contributed by atoms with E-state index in [1.165, 1.54) is 11.3 Å². The zero-order valence-corrected chi connectivity index (χ0v) is 18.3. The fraction of sp³-hybridized carbons (Fsp3) is 0.174. The number of nitrogens with zero attached hydrogens (tertiary/aromatic N) is 4. The lowest BCUT2D eigenvalue weighted by Crippen LogP contribution is -2.29. The first-order valence-corrected chi connectivity index (χ1v) is 11.1. The van der Waals surface area contributed by atoms with Crippen molar-refractivity contribution in [2.45, 2.75) is 25.9 Å². The summed E-state index contributed by atoms with van der Waals surface area (Å²) in [7, 11) is 0. The molecule has 1 saturated heterocycles. The van der Waals surface area contributed by atoms with Crippen molar-refractivity contribution in [3.63, 3.8) is 0 Å². The summed E-state index contributed by atoms with van der Waals surface area (Å²) in [6.45, 7) is 4.28. The molecule has 0 amide bonds. The number of hydrogen-bond donors (Lipinski definition) is 1. The normalized spacial score (nSPS) is 18.6. The van der Waals surface area contributed by atoms with Crippen molar-refractivity contribution >= 4 is 34.4 Å². The van der Waals surface area contributed by atoms with Crippen molar-refractivity contribution in [3.8, 4) is 5.13 Å². The van der Waals surface area contributed by atoms with Crippen LogP contribution in [-0.2, 0) is 0 Å². The van der Waals surface area contributed by atoms with Gasteiger partial charge in [0, 0.05) is 34.8 Å². The summed E-state index contributed by atoms with van der Waals surface area (Å²) in [6.07, 6.45) is 3.68. The molecule has 5 rings (SSSR count). The van der Waals surface area contributed by atoms with E-state index < -0.39 is 0 Å². The summed E-state index contributed by atoms with van der Waals surface area (Å²) in [4.78, 5) is 11.4. The van der Waals surface area contributed by atoms with Gasteiger partial charge < -0.3 is 10.2 Å². The molecule has 1 aliphatic heterocycles. The van der Waals surface area contributed by atoms with E-state index in [1.54, 1.807) is 11.3 Å². The highest BCUT2D eigenvalue weighted by Gasteiger charge is 2.42. The van der Waals surface area contributed by atoms with E-state index in [0.717, 1.165) is 22.2 Å². The van der Waals surface area contributed by atoms with Gasteiger partial charge in [-0.3, -0.25) is 9.55 Å². The highest BCUT2D eigenvalue weighted by molar-refractivity contribution is 7.80. The first-order chi connectivity index (χ1) is 14.6. The lowest BCUT2D eigenvalue weighted by atomic mass is 9.96. The maximum Gasteiger partial charge on any atom is 0.193 e. The third kappa shape index (κ3) is 3.11. The summed E-state index contributed by atoms with van der Waals surface area (Å²) < 4.78 is 2.22. The SMILES string of the molecule is Cc1cc([C@H]2[C@@H](c3ccccn3)NC(=S)N2c2ccccc2)c(C)n1-c1nccs1. The molecule has 0 unspecified atom stereocenters. The van der Waals surface area contributed by atoms with E-state index in [4.69, 9.17) is 12.2 Å². The Balaban J connectivity index is 1.69. The average molecular weight is 432 g/mol. The molecule has 5 nitrogen and oxygen atoms in total. The van der Waals surface area contributed by atoms with E-state index in [0.29, 0.717) is 5.11 Å². The molecule has 150 valence electrons. The van der Waals surface area contributed by atoms with Gasteiger partial charge in [-0.05, 0) is 62.0 Å².